The molecule has 0 saturated carbocycles. The second-order valence-electron chi connectivity index (χ2n) is 5.10. The van der Waals surface area contributed by atoms with E-state index in [0.29, 0.717) is 13.2 Å². The number of ether oxygens (including phenoxy) is 2. The maximum Gasteiger partial charge on any atom is 0.161 e. The van der Waals surface area contributed by atoms with E-state index < -0.39 is 0 Å². The van der Waals surface area contributed by atoms with Crippen molar-refractivity contribution in [1.82, 2.24) is 0 Å². The number of alkyl halides is 1. The highest BCUT2D eigenvalue weighted by Gasteiger charge is 2.18. The highest BCUT2D eigenvalue weighted by atomic mass is 127. The number of hydrogen-bond donors (Lipinski definition) is 0. The molecule has 0 N–H and O–H groups in total. The van der Waals surface area contributed by atoms with Gasteiger partial charge in [0.25, 0.3) is 0 Å². The Balaban J connectivity index is 1.96. The highest BCUT2D eigenvalue weighted by molar-refractivity contribution is 14.1. The molecule has 0 aromatic heterocycles. The van der Waals surface area contributed by atoms with E-state index in [0.717, 1.165) is 29.0 Å². The van der Waals surface area contributed by atoms with Crippen molar-refractivity contribution in [2.45, 2.75) is 18.7 Å². The Morgan fingerprint density at radius 3 is 2.67 bits per heavy atom. The van der Waals surface area contributed by atoms with E-state index in [-0.39, 0.29) is 5.38 Å². The zero-order chi connectivity index (χ0) is 14.8. The van der Waals surface area contributed by atoms with Crippen LogP contribution in [-0.2, 0) is 0 Å². The van der Waals surface area contributed by atoms with Gasteiger partial charge in [0.2, 0.25) is 0 Å². The van der Waals surface area contributed by atoms with Crippen LogP contribution in [0.25, 0.3) is 0 Å². The Labute approximate surface area is 143 Å². The predicted octanol–water partition coefficient (Wildman–Crippen LogP) is 5.09. The molecule has 1 aliphatic heterocycles. The third-order valence-corrected chi connectivity index (χ3v) is 5.52. The first-order chi connectivity index (χ1) is 10.2. The minimum atomic E-state index is -0.186. The number of rotatable bonds is 2. The fourth-order valence-electron chi connectivity index (χ4n) is 2.38. The third kappa shape index (κ3) is 3.14. The van der Waals surface area contributed by atoms with Crippen LogP contribution in [0.5, 0.6) is 11.5 Å². The molecule has 1 atom stereocenters. The van der Waals surface area contributed by atoms with Crippen molar-refractivity contribution in [2.24, 2.45) is 0 Å². The van der Waals surface area contributed by atoms with Crippen LogP contribution in [0.3, 0.4) is 0 Å². The summed E-state index contributed by atoms with van der Waals surface area (Å²) in [4.78, 5) is 0. The summed E-state index contributed by atoms with van der Waals surface area (Å²) in [7, 11) is 0. The van der Waals surface area contributed by atoms with Gasteiger partial charge in [0.1, 0.15) is 0 Å². The van der Waals surface area contributed by atoms with Crippen LogP contribution in [0.15, 0.2) is 36.4 Å². The third-order valence-electron chi connectivity index (χ3n) is 3.56. The van der Waals surface area contributed by atoms with Gasteiger partial charge in [-0.1, -0.05) is 24.3 Å². The van der Waals surface area contributed by atoms with Gasteiger partial charge in [-0.25, -0.2) is 0 Å². The van der Waals surface area contributed by atoms with E-state index in [1.807, 2.05) is 24.3 Å². The first kappa shape index (κ1) is 15.0. The summed E-state index contributed by atoms with van der Waals surface area (Å²) < 4.78 is 12.6. The molecule has 0 aliphatic carbocycles. The molecule has 3 rings (SSSR count). The molecule has 0 saturated heterocycles. The Kier molecular flexibility index (Phi) is 4.60. The first-order valence-electron chi connectivity index (χ1n) is 6.95. The fourth-order valence-corrected chi connectivity index (χ4v) is 3.56. The van der Waals surface area contributed by atoms with Crippen molar-refractivity contribution in [3.8, 4) is 11.5 Å². The molecular formula is C17H16ClIO2. The highest BCUT2D eigenvalue weighted by Crippen LogP contribution is 2.38. The van der Waals surface area contributed by atoms with Crippen molar-refractivity contribution < 1.29 is 9.47 Å². The molecule has 21 heavy (non-hydrogen) atoms. The van der Waals surface area contributed by atoms with Crippen LogP contribution >= 0.6 is 34.2 Å². The number of benzene rings is 2. The Bertz CT molecular complexity index is 657. The van der Waals surface area contributed by atoms with E-state index in [4.69, 9.17) is 21.1 Å². The molecular weight excluding hydrogens is 399 g/mol. The molecule has 2 aromatic carbocycles. The molecule has 0 bridgehead atoms. The van der Waals surface area contributed by atoms with E-state index in [2.05, 4.69) is 41.6 Å². The lowest BCUT2D eigenvalue weighted by Gasteiger charge is -2.16. The zero-order valence-electron chi connectivity index (χ0n) is 11.7. The molecule has 2 nitrogen and oxygen atoms in total. The maximum atomic E-state index is 6.69. The van der Waals surface area contributed by atoms with Crippen molar-refractivity contribution >= 4 is 34.2 Å². The smallest absolute Gasteiger partial charge is 0.161 e. The molecule has 0 radical (unpaired) electrons. The summed E-state index contributed by atoms with van der Waals surface area (Å²) >= 11 is 9.05. The predicted molar refractivity (Wildman–Crippen MR) is 93.6 cm³/mol. The lowest BCUT2D eigenvalue weighted by molar-refractivity contribution is 0.297. The van der Waals surface area contributed by atoms with E-state index in [1.54, 1.807) is 0 Å². The molecule has 0 amide bonds. The Hall–Kier alpha value is -0.940. The average Bonchev–Trinajstić information content (AvgIpc) is 2.74. The summed E-state index contributed by atoms with van der Waals surface area (Å²) in [5.41, 5.74) is 3.41. The second kappa shape index (κ2) is 6.44. The lowest BCUT2D eigenvalue weighted by Crippen LogP contribution is -1.99. The van der Waals surface area contributed by atoms with Gasteiger partial charge in [0.05, 0.1) is 18.6 Å². The van der Waals surface area contributed by atoms with E-state index in [9.17, 15) is 0 Å². The fraction of sp³-hybridized carbons (Fsp3) is 0.294. The van der Waals surface area contributed by atoms with E-state index >= 15 is 0 Å². The molecule has 2 aromatic rings. The summed E-state index contributed by atoms with van der Waals surface area (Å²) in [6, 6.07) is 12.2. The minimum Gasteiger partial charge on any atom is -0.490 e. The number of aryl methyl sites for hydroxylation is 1. The van der Waals surface area contributed by atoms with Crippen molar-refractivity contribution in [3.05, 3.63) is 56.7 Å². The summed E-state index contributed by atoms with van der Waals surface area (Å²) in [6.45, 7) is 3.49. The second-order valence-corrected chi connectivity index (χ2v) is 6.61. The number of fused-ring (bicyclic) bond motifs is 1. The lowest BCUT2D eigenvalue weighted by atomic mass is 10.0. The molecule has 0 spiro atoms. The summed E-state index contributed by atoms with van der Waals surface area (Å²) in [6.07, 6.45) is 0.907. The van der Waals surface area contributed by atoms with Gasteiger partial charge in [-0.15, -0.1) is 11.6 Å². The van der Waals surface area contributed by atoms with Gasteiger partial charge in [-0.2, -0.15) is 0 Å². The standard InChI is InChI=1S/C17H16ClIO2/c1-11-4-2-5-13(17(11)19)16(18)12-6-7-14-15(10-12)21-9-3-8-20-14/h2,4-7,10,16H,3,8-9H2,1H3. The van der Waals surface area contributed by atoms with Gasteiger partial charge < -0.3 is 9.47 Å². The first-order valence-corrected chi connectivity index (χ1v) is 8.47. The normalized spacial score (nSPS) is 15.4. The van der Waals surface area contributed by atoms with Crippen LogP contribution in [0, 0.1) is 10.5 Å². The SMILES string of the molecule is Cc1cccc(C(Cl)c2ccc3c(c2)OCCCO3)c1I. The summed E-state index contributed by atoms with van der Waals surface area (Å²) in [5, 5.41) is -0.186. The van der Waals surface area contributed by atoms with Gasteiger partial charge >= 0.3 is 0 Å². The monoisotopic (exact) mass is 414 g/mol. The summed E-state index contributed by atoms with van der Waals surface area (Å²) in [5.74, 6) is 1.59. The molecule has 1 unspecified atom stereocenters. The quantitative estimate of drug-likeness (QED) is 0.503. The average molecular weight is 415 g/mol. The van der Waals surface area contributed by atoms with Crippen LogP contribution < -0.4 is 9.47 Å². The van der Waals surface area contributed by atoms with Crippen molar-refractivity contribution in [3.63, 3.8) is 0 Å². The van der Waals surface area contributed by atoms with Crippen LogP contribution in [0.1, 0.15) is 28.5 Å². The zero-order valence-corrected chi connectivity index (χ0v) is 14.6. The Morgan fingerprint density at radius 2 is 1.86 bits per heavy atom. The maximum absolute atomic E-state index is 6.69. The Morgan fingerprint density at radius 1 is 1.10 bits per heavy atom. The van der Waals surface area contributed by atoms with Crippen LogP contribution in [0.4, 0.5) is 0 Å². The van der Waals surface area contributed by atoms with Gasteiger partial charge in [0, 0.05) is 9.99 Å². The van der Waals surface area contributed by atoms with Gasteiger partial charge in [-0.05, 0) is 58.3 Å². The van der Waals surface area contributed by atoms with Gasteiger partial charge in [0.15, 0.2) is 11.5 Å². The molecule has 1 heterocycles. The minimum absolute atomic E-state index is 0.186. The topological polar surface area (TPSA) is 18.5 Å². The molecule has 0 fully saturated rings. The molecule has 110 valence electrons. The van der Waals surface area contributed by atoms with Gasteiger partial charge in [-0.3, -0.25) is 0 Å². The van der Waals surface area contributed by atoms with Crippen molar-refractivity contribution in [2.75, 3.05) is 13.2 Å². The molecule has 1 aliphatic rings. The van der Waals surface area contributed by atoms with Crippen molar-refractivity contribution in [1.29, 1.82) is 0 Å². The molecule has 4 heteroatoms. The number of hydrogen-bond acceptors (Lipinski definition) is 2. The van der Waals surface area contributed by atoms with Crippen LogP contribution in [0.2, 0.25) is 0 Å². The van der Waals surface area contributed by atoms with Crippen LogP contribution in [-0.4, -0.2) is 13.2 Å². The number of halogens is 2. The largest absolute Gasteiger partial charge is 0.490 e. The van der Waals surface area contributed by atoms with E-state index in [1.165, 1.54) is 9.13 Å².